The van der Waals surface area contributed by atoms with Crippen molar-refractivity contribution in [3.8, 4) is 39.8 Å². The molecule has 5 aromatic rings. The maximum absolute atomic E-state index is 11.2. The number of ether oxygens (including phenoxy) is 2. The Hall–Kier alpha value is -4.56. The smallest absolute Gasteiger partial charge is 0.341 e. The first-order chi connectivity index (χ1) is 16.1. The first-order valence-corrected chi connectivity index (χ1v) is 10.2. The lowest BCUT2D eigenvalue weighted by Gasteiger charge is -2.18. The summed E-state index contributed by atoms with van der Waals surface area (Å²) in [4.78, 5) is 11.2. The van der Waals surface area contributed by atoms with Crippen LogP contribution in [0.2, 0.25) is 0 Å². The van der Waals surface area contributed by atoms with Crippen molar-refractivity contribution in [2.24, 2.45) is 0 Å². The third-order valence-electron chi connectivity index (χ3n) is 4.98. The highest BCUT2D eigenvalue weighted by Gasteiger charge is 2.24. The third-order valence-corrected chi connectivity index (χ3v) is 5.52. The Balaban J connectivity index is 1.82. The molecule has 0 spiro atoms. The van der Waals surface area contributed by atoms with Crippen molar-refractivity contribution in [1.29, 1.82) is 5.26 Å². The van der Waals surface area contributed by atoms with Crippen LogP contribution in [0.1, 0.15) is 5.56 Å². The van der Waals surface area contributed by atoms with Gasteiger partial charge >= 0.3 is 5.97 Å². The number of carbonyl (C=O) groups is 1. The van der Waals surface area contributed by atoms with E-state index >= 15 is 0 Å². The Labute approximate surface area is 189 Å². The van der Waals surface area contributed by atoms with Gasteiger partial charge in [0, 0.05) is 22.8 Å². The average Bonchev–Trinajstić information content (AvgIpc) is 3.50. The van der Waals surface area contributed by atoms with Crippen molar-refractivity contribution in [3.05, 3.63) is 48.0 Å². The molecule has 0 aliphatic heterocycles. The van der Waals surface area contributed by atoms with E-state index in [9.17, 15) is 10.1 Å². The van der Waals surface area contributed by atoms with Crippen LogP contribution in [0.3, 0.4) is 0 Å². The zero-order valence-electron chi connectivity index (χ0n) is 16.9. The first-order valence-electron chi connectivity index (χ1n) is 9.47. The van der Waals surface area contributed by atoms with Gasteiger partial charge in [-0.1, -0.05) is 18.2 Å². The van der Waals surface area contributed by atoms with Crippen molar-refractivity contribution in [3.63, 3.8) is 0 Å². The molecule has 11 heteroatoms. The molecular weight excluding hydrogens is 446 g/mol. The summed E-state index contributed by atoms with van der Waals surface area (Å²) in [6.07, 6.45) is 0. The normalized spacial score (nSPS) is 10.9. The number of carboxylic acid groups (broad SMARTS) is 1. The van der Waals surface area contributed by atoms with Crippen LogP contribution in [-0.2, 0) is 4.79 Å². The van der Waals surface area contributed by atoms with Crippen LogP contribution in [-0.4, -0.2) is 43.9 Å². The predicted molar refractivity (Wildman–Crippen MR) is 117 cm³/mol. The van der Waals surface area contributed by atoms with E-state index in [-0.39, 0.29) is 11.3 Å². The number of methoxy groups -OCH3 is 1. The van der Waals surface area contributed by atoms with Crippen LogP contribution in [0.25, 0.3) is 44.3 Å². The highest BCUT2D eigenvalue weighted by molar-refractivity contribution is 7.00. The van der Waals surface area contributed by atoms with Gasteiger partial charge < -0.3 is 14.6 Å². The van der Waals surface area contributed by atoms with E-state index in [2.05, 4.69) is 31.2 Å². The minimum atomic E-state index is -1.14. The zero-order valence-corrected chi connectivity index (χ0v) is 17.7. The van der Waals surface area contributed by atoms with Crippen LogP contribution in [0, 0.1) is 17.4 Å². The largest absolute Gasteiger partial charge is 0.495 e. The minimum absolute atomic E-state index is 0.168. The molecule has 10 nitrogen and oxygen atoms in total. The molecule has 161 valence electrons. The molecule has 5 rings (SSSR count). The van der Waals surface area contributed by atoms with Gasteiger partial charge in [0.1, 0.15) is 34.1 Å². The van der Waals surface area contributed by atoms with Crippen LogP contribution < -0.4 is 9.47 Å². The molecule has 0 aliphatic rings. The fourth-order valence-corrected chi connectivity index (χ4v) is 4.16. The fourth-order valence-electron chi connectivity index (χ4n) is 3.61. The number of rotatable bonds is 6. The van der Waals surface area contributed by atoms with Gasteiger partial charge in [0.2, 0.25) is 0 Å². The molecule has 33 heavy (non-hydrogen) atoms. The van der Waals surface area contributed by atoms with Gasteiger partial charge in [-0.15, -0.1) is 0 Å². The van der Waals surface area contributed by atoms with Gasteiger partial charge in [0.25, 0.3) is 0 Å². The maximum atomic E-state index is 11.2. The number of nitriles is 1. The number of hydrogen-bond acceptors (Lipinski definition) is 10. The van der Waals surface area contributed by atoms with Crippen LogP contribution in [0.15, 0.2) is 41.0 Å². The lowest BCUT2D eigenvalue weighted by molar-refractivity contribution is -0.139. The van der Waals surface area contributed by atoms with Gasteiger partial charge in [-0.05, 0) is 28.5 Å². The molecule has 3 aromatic carbocycles. The SMILES string of the molecule is COc1c(-c2ccc3nonc3c2C#N)c[c]c(OCC(=O)O)c1-c1cccc2nsnc12. The summed E-state index contributed by atoms with van der Waals surface area (Å²) < 4.78 is 24.8. The monoisotopic (exact) mass is 458 g/mol. The van der Waals surface area contributed by atoms with Crippen molar-refractivity contribution in [2.45, 2.75) is 0 Å². The molecule has 0 aliphatic carbocycles. The second-order valence-electron chi connectivity index (χ2n) is 6.79. The zero-order chi connectivity index (χ0) is 22.9. The van der Waals surface area contributed by atoms with Crippen molar-refractivity contribution in [1.82, 2.24) is 19.1 Å². The number of benzene rings is 3. The number of fused-ring (bicyclic) bond motifs is 2. The van der Waals surface area contributed by atoms with Gasteiger partial charge in [0.05, 0.1) is 30.0 Å². The molecule has 1 N–H and O–H groups in total. The highest BCUT2D eigenvalue weighted by Crippen LogP contribution is 2.47. The lowest BCUT2D eigenvalue weighted by atomic mass is 9.93. The fraction of sp³-hybridized carbons (Fsp3) is 0.0909. The number of aliphatic carboxylic acids is 1. The molecule has 0 atom stereocenters. The van der Waals surface area contributed by atoms with Gasteiger partial charge in [-0.3, -0.25) is 0 Å². The summed E-state index contributed by atoms with van der Waals surface area (Å²) in [5.74, 6) is -0.621. The second-order valence-corrected chi connectivity index (χ2v) is 7.32. The summed E-state index contributed by atoms with van der Waals surface area (Å²) >= 11 is 1.05. The number of aromatic nitrogens is 4. The maximum Gasteiger partial charge on any atom is 0.341 e. The average molecular weight is 458 g/mol. The summed E-state index contributed by atoms with van der Waals surface area (Å²) in [7, 11) is 1.48. The van der Waals surface area contributed by atoms with Crippen LogP contribution in [0.5, 0.6) is 11.5 Å². The number of carboxylic acids is 1. The van der Waals surface area contributed by atoms with E-state index in [4.69, 9.17) is 19.2 Å². The van der Waals surface area contributed by atoms with Gasteiger partial charge in [-0.2, -0.15) is 14.0 Å². The molecule has 0 bridgehead atoms. The molecule has 2 aromatic heterocycles. The van der Waals surface area contributed by atoms with Crippen molar-refractivity contribution < 1.29 is 24.0 Å². The lowest BCUT2D eigenvalue weighted by Crippen LogP contribution is -2.10. The molecule has 0 unspecified atom stereocenters. The predicted octanol–water partition coefficient (Wildman–Crippen LogP) is 3.71. The molecule has 0 fully saturated rings. The summed E-state index contributed by atoms with van der Waals surface area (Å²) in [6, 6.07) is 15.6. The molecule has 0 amide bonds. The van der Waals surface area contributed by atoms with E-state index in [1.807, 2.05) is 12.1 Å². The standard InChI is InChI=1S/C22H12N5O5S/c1-30-22-12(11-5-7-15-20(14(11)9-23)25-32-24-15)6-8-17(31-10-18(28)29)19(22)13-3-2-4-16-21(13)27-33-26-16/h2-7H,10H2,1H3,(H,28,29). The number of nitrogens with zero attached hydrogens (tertiary/aromatic N) is 5. The quantitative estimate of drug-likeness (QED) is 0.400. The first kappa shape index (κ1) is 20.3. The molecule has 1 radical (unpaired) electrons. The third kappa shape index (κ3) is 3.38. The van der Waals surface area contributed by atoms with Gasteiger partial charge in [-0.25, -0.2) is 9.42 Å². The topological polar surface area (TPSA) is 144 Å². The van der Waals surface area contributed by atoms with Crippen molar-refractivity contribution in [2.75, 3.05) is 13.7 Å². The summed E-state index contributed by atoms with van der Waals surface area (Å²) in [5.41, 5.74) is 4.38. The van der Waals surface area contributed by atoms with Crippen LogP contribution in [0.4, 0.5) is 0 Å². The van der Waals surface area contributed by atoms with E-state index in [1.165, 1.54) is 7.11 Å². The Morgan fingerprint density at radius 3 is 2.82 bits per heavy atom. The van der Waals surface area contributed by atoms with Gasteiger partial charge in [0.15, 0.2) is 12.1 Å². The van der Waals surface area contributed by atoms with E-state index in [0.717, 1.165) is 11.7 Å². The van der Waals surface area contributed by atoms with Crippen molar-refractivity contribution >= 4 is 39.8 Å². The Morgan fingerprint density at radius 2 is 2.03 bits per heavy atom. The molecule has 0 saturated heterocycles. The highest BCUT2D eigenvalue weighted by atomic mass is 32.1. The minimum Gasteiger partial charge on any atom is -0.495 e. The van der Waals surface area contributed by atoms with E-state index in [0.29, 0.717) is 50.1 Å². The molecular formula is C22H12N5O5S. The second kappa shape index (κ2) is 8.18. The summed E-state index contributed by atoms with van der Waals surface area (Å²) in [5, 5.41) is 26.6. The Kier molecular flexibility index (Phi) is 5.04. The summed E-state index contributed by atoms with van der Waals surface area (Å²) in [6.45, 7) is -0.572. The Morgan fingerprint density at radius 1 is 1.15 bits per heavy atom. The molecule has 0 saturated carbocycles. The Bertz CT molecular complexity index is 1570. The van der Waals surface area contributed by atoms with Crippen LogP contribution >= 0.6 is 11.7 Å². The molecule has 2 heterocycles. The number of hydrogen-bond donors (Lipinski definition) is 1. The van der Waals surface area contributed by atoms with E-state index < -0.39 is 12.6 Å². The van der Waals surface area contributed by atoms with E-state index in [1.54, 1.807) is 24.3 Å².